The first-order valence-corrected chi connectivity index (χ1v) is 8.94. The number of nitrogens with zero attached hydrogens (tertiary/aromatic N) is 1. The van der Waals surface area contributed by atoms with Crippen LogP contribution in [0.15, 0.2) is 60.7 Å². The average molecular weight is 339 g/mol. The molecule has 0 radical (unpaired) electrons. The summed E-state index contributed by atoms with van der Waals surface area (Å²) in [7, 11) is 0. The number of rotatable bonds is 5. The van der Waals surface area contributed by atoms with Crippen molar-refractivity contribution >= 4 is 6.09 Å². The highest BCUT2D eigenvalue weighted by molar-refractivity contribution is 5.68. The lowest BCUT2D eigenvalue weighted by molar-refractivity contribution is 0.0481. The number of amides is 1. The molecule has 1 heterocycles. The number of aliphatic hydroxyl groups is 1. The van der Waals surface area contributed by atoms with Crippen LogP contribution >= 0.6 is 0 Å². The lowest BCUT2D eigenvalue weighted by Gasteiger charge is -2.36. The van der Waals surface area contributed by atoms with E-state index >= 15 is 0 Å². The van der Waals surface area contributed by atoms with Crippen molar-refractivity contribution in [3.05, 3.63) is 71.8 Å². The number of hydrogen-bond acceptors (Lipinski definition) is 3. The Hall–Kier alpha value is -2.33. The van der Waals surface area contributed by atoms with Crippen LogP contribution in [-0.2, 0) is 11.3 Å². The number of likely N-dealkylation sites (tertiary alicyclic amines) is 1. The molecular formula is C21H25NO3. The lowest BCUT2D eigenvalue weighted by atomic mass is 9.94. The van der Waals surface area contributed by atoms with Crippen LogP contribution in [0.5, 0.6) is 0 Å². The molecule has 0 aliphatic carbocycles. The van der Waals surface area contributed by atoms with Crippen molar-refractivity contribution in [1.82, 2.24) is 4.90 Å². The third-order valence-corrected chi connectivity index (χ3v) is 4.75. The third kappa shape index (κ3) is 4.83. The van der Waals surface area contributed by atoms with E-state index in [2.05, 4.69) is 0 Å². The molecule has 132 valence electrons. The number of carbonyl (C=O) groups is 1. The van der Waals surface area contributed by atoms with Gasteiger partial charge in [-0.05, 0) is 36.8 Å². The van der Waals surface area contributed by atoms with Gasteiger partial charge in [-0.15, -0.1) is 0 Å². The van der Waals surface area contributed by atoms with Gasteiger partial charge in [0.1, 0.15) is 6.61 Å². The summed E-state index contributed by atoms with van der Waals surface area (Å²) in [5.74, 6) is 0. The van der Waals surface area contributed by atoms with E-state index in [0.717, 1.165) is 30.4 Å². The lowest BCUT2D eigenvalue weighted by Crippen LogP contribution is -2.44. The van der Waals surface area contributed by atoms with Crippen LogP contribution in [-0.4, -0.2) is 28.7 Å². The number of ether oxygens (including phenoxy) is 1. The predicted octanol–water partition coefficient (Wildman–Crippen LogP) is 4.30. The molecule has 25 heavy (non-hydrogen) atoms. The summed E-state index contributed by atoms with van der Waals surface area (Å²) in [5.41, 5.74) is 1.87. The quantitative estimate of drug-likeness (QED) is 0.883. The van der Waals surface area contributed by atoms with Gasteiger partial charge >= 0.3 is 6.09 Å². The molecule has 2 aromatic carbocycles. The van der Waals surface area contributed by atoms with E-state index in [0.29, 0.717) is 13.0 Å². The third-order valence-electron chi connectivity index (χ3n) is 4.75. The molecule has 0 aromatic heterocycles. The molecule has 0 unspecified atom stereocenters. The fourth-order valence-electron chi connectivity index (χ4n) is 3.36. The normalized spacial score (nSPS) is 18.6. The van der Waals surface area contributed by atoms with Crippen molar-refractivity contribution in [2.75, 3.05) is 6.54 Å². The minimum Gasteiger partial charge on any atom is -0.445 e. The molecule has 2 aromatic rings. The Kier molecular flexibility index (Phi) is 6.07. The molecule has 4 nitrogen and oxygen atoms in total. The summed E-state index contributed by atoms with van der Waals surface area (Å²) in [4.78, 5) is 14.3. The smallest absolute Gasteiger partial charge is 0.410 e. The van der Waals surface area contributed by atoms with E-state index < -0.39 is 6.10 Å². The fraction of sp³-hybridized carbons (Fsp3) is 0.381. The largest absolute Gasteiger partial charge is 0.445 e. The number of benzene rings is 2. The first-order valence-electron chi connectivity index (χ1n) is 8.94. The highest BCUT2D eigenvalue weighted by Crippen LogP contribution is 2.27. The first kappa shape index (κ1) is 17.5. The van der Waals surface area contributed by atoms with E-state index in [1.165, 1.54) is 0 Å². The maximum Gasteiger partial charge on any atom is 0.410 e. The second kappa shape index (κ2) is 8.67. The summed E-state index contributed by atoms with van der Waals surface area (Å²) in [6, 6.07) is 19.3. The summed E-state index contributed by atoms with van der Waals surface area (Å²) in [5, 5.41) is 10.5. The van der Waals surface area contributed by atoms with Crippen LogP contribution in [0.2, 0.25) is 0 Å². The minimum atomic E-state index is -0.561. The van der Waals surface area contributed by atoms with Crippen LogP contribution in [0.3, 0.4) is 0 Å². The van der Waals surface area contributed by atoms with Crippen molar-refractivity contribution in [2.45, 2.75) is 44.4 Å². The Morgan fingerprint density at radius 1 is 1.08 bits per heavy atom. The molecule has 1 aliphatic heterocycles. The van der Waals surface area contributed by atoms with Gasteiger partial charge in [0.25, 0.3) is 0 Å². The van der Waals surface area contributed by atoms with Gasteiger partial charge in [0.15, 0.2) is 0 Å². The molecular weight excluding hydrogens is 314 g/mol. The van der Waals surface area contributed by atoms with E-state index in [1.54, 1.807) is 4.90 Å². The molecule has 0 bridgehead atoms. The maximum absolute atomic E-state index is 12.5. The van der Waals surface area contributed by atoms with Crippen molar-refractivity contribution in [2.24, 2.45) is 0 Å². The van der Waals surface area contributed by atoms with Crippen molar-refractivity contribution in [1.29, 1.82) is 0 Å². The number of carbonyl (C=O) groups excluding carboxylic acids is 1. The summed E-state index contributed by atoms with van der Waals surface area (Å²) in [6.45, 7) is 0.976. The molecule has 3 rings (SSSR count). The van der Waals surface area contributed by atoms with Crippen LogP contribution < -0.4 is 0 Å². The van der Waals surface area contributed by atoms with Gasteiger partial charge in [-0.25, -0.2) is 4.79 Å². The second-order valence-electron chi connectivity index (χ2n) is 6.55. The second-order valence-corrected chi connectivity index (χ2v) is 6.55. The zero-order valence-corrected chi connectivity index (χ0v) is 14.4. The van der Waals surface area contributed by atoms with Crippen molar-refractivity contribution in [3.63, 3.8) is 0 Å². The Bertz CT molecular complexity index is 659. The predicted molar refractivity (Wildman–Crippen MR) is 97.0 cm³/mol. The minimum absolute atomic E-state index is 0.0206. The van der Waals surface area contributed by atoms with Crippen LogP contribution in [0, 0.1) is 0 Å². The molecule has 1 N–H and O–H groups in total. The van der Waals surface area contributed by atoms with Crippen LogP contribution in [0.1, 0.15) is 42.9 Å². The molecule has 1 fully saturated rings. The highest BCUT2D eigenvalue weighted by Gasteiger charge is 2.29. The molecule has 0 saturated carbocycles. The Morgan fingerprint density at radius 2 is 1.76 bits per heavy atom. The van der Waals surface area contributed by atoms with Gasteiger partial charge in [0.2, 0.25) is 0 Å². The zero-order chi connectivity index (χ0) is 17.5. The van der Waals surface area contributed by atoms with E-state index in [1.807, 2.05) is 60.7 Å². The molecule has 1 saturated heterocycles. The van der Waals surface area contributed by atoms with Crippen molar-refractivity contribution in [3.8, 4) is 0 Å². The number of piperidine rings is 1. The maximum atomic E-state index is 12.5. The SMILES string of the molecule is O=C(OCc1ccccc1)N1CCCC[C@@H]1C[C@@H](O)c1ccccc1. The molecule has 1 amide bonds. The standard InChI is InChI=1S/C21H25NO3/c23-20(18-11-5-2-6-12-18)15-19-13-7-8-14-22(19)21(24)25-16-17-9-3-1-4-10-17/h1-6,9-12,19-20,23H,7-8,13-16H2/t19-,20-/m1/s1. The van der Waals surface area contributed by atoms with Gasteiger partial charge in [0, 0.05) is 12.6 Å². The average Bonchev–Trinajstić information content (AvgIpc) is 2.68. The van der Waals surface area contributed by atoms with Gasteiger partial charge in [-0.1, -0.05) is 60.7 Å². The Morgan fingerprint density at radius 3 is 2.48 bits per heavy atom. The monoisotopic (exact) mass is 339 g/mol. The Balaban J connectivity index is 1.59. The number of aliphatic hydroxyl groups excluding tert-OH is 1. The van der Waals surface area contributed by atoms with Crippen molar-refractivity contribution < 1.29 is 14.6 Å². The highest BCUT2D eigenvalue weighted by atomic mass is 16.6. The summed E-state index contributed by atoms with van der Waals surface area (Å²) in [6.07, 6.45) is 2.67. The van der Waals surface area contributed by atoms with E-state index in [9.17, 15) is 9.90 Å². The van der Waals surface area contributed by atoms with Gasteiger partial charge in [0.05, 0.1) is 6.10 Å². The van der Waals surface area contributed by atoms with E-state index in [-0.39, 0.29) is 18.7 Å². The van der Waals surface area contributed by atoms with Gasteiger partial charge in [-0.3, -0.25) is 0 Å². The zero-order valence-electron chi connectivity index (χ0n) is 14.4. The van der Waals surface area contributed by atoms with Gasteiger partial charge in [-0.2, -0.15) is 0 Å². The Labute approximate surface area is 149 Å². The first-order chi connectivity index (χ1) is 12.2. The topological polar surface area (TPSA) is 49.8 Å². The van der Waals surface area contributed by atoms with E-state index in [4.69, 9.17) is 4.74 Å². The van der Waals surface area contributed by atoms with Crippen LogP contribution in [0.25, 0.3) is 0 Å². The molecule has 4 heteroatoms. The van der Waals surface area contributed by atoms with Gasteiger partial charge < -0.3 is 14.7 Å². The summed E-state index contributed by atoms with van der Waals surface area (Å²) < 4.78 is 5.49. The molecule has 0 spiro atoms. The number of hydrogen-bond donors (Lipinski definition) is 1. The molecule has 2 atom stereocenters. The summed E-state index contributed by atoms with van der Waals surface area (Å²) >= 11 is 0. The fourth-order valence-corrected chi connectivity index (χ4v) is 3.36. The van der Waals surface area contributed by atoms with Crippen LogP contribution in [0.4, 0.5) is 4.79 Å². The molecule has 1 aliphatic rings.